The van der Waals surface area contributed by atoms with Crippen molar-refractivity contribution in [1.29, 1.82) is 0 Å². The molecule has 0 unspecified atom stereocenters. The van der Waals surface area contributed by atoms with Gasteiger partial charge in [-0.3, -0.25) is 0 Å². The van der Waals surface area contributed by atoms with Crippen LogP contribution in [0.2, 0.25) is 0 Å². The van der Waals surface area contributed by atoms with Crippen LogP contribution in [0.5, 0.6) is 0 Å². The number of fused-ring (bicyclic) bond motifs is 5. The normalized spacial score (nSPS) is 14.0. The van der Waals surface area contributed by atoms with Crippen LogP contribution in [-0.4, -0.2) is 0 Å². The van der Waals surface area contributed by atoms with E-state index in [4.69, 9.17) is 0 Å². The summed E-state index contributed by atoms with van der Waals surface area (Å²) in [4.78, 5) is 2.44. The quantitative estimate of drug-likeness (QED) is 0.157. The molecule has 8 aromatic rings. The Morgan fingerprint density at radius 2 is 1.25 bits per heavy atom. The van der Waals surface area contributed by atoms with Crippen molar-refractivity contribution in [2.75, 3.05) is 10.2 Å². The minimum atomic E-state index is -0.200. The maximum absolute atomic E-state index is 3.68. The van der Waals surface area contributed by atoms with Crippen molar-refractivity contribution in [2.24, 2.45) is 0 Å². The van der Waals surface area contributed by atoms with Crippen LogP contribution in [0, 0.1) is 0 Å². The first-order chi connectivity index (χ1) is 27.0. The molecule has 0 fully saturated rings. The topological polar surface area (TPSA) is 15.3 Å². The van der Waals surface area contributed by atoms with Gasteiger partial charge in [-0.2, -0.15) is 0 Å². The van der Waals surface area contributed by atoms with Gasteiger partial charge in [-0.15, -0.1) is 11.3 Å². The van der Waals surface area contributed by atoms with Crippen molar-refractivity contribution < 1.29 is 0 Å². The summed E-state index contributed by atoms with van der Waals surface area (Å²) in [6, 6.07) is 61.5. The number of thiophene rings is 1. The highest BCUT2D eigenvalue weighted by molar-refractivity contribution is 7.25. The van der Waals surface area contributed by atoms with Gasteiger partial charge in [-0.05, 0) is 107 Å². The number of rotatable bonds is 8. The highest BCUT2D eigenvalue weighted by Gasteiger charge is 2.36. The van der Waals surface area contributed by atoms with Gasteiger partial charge in [0.05, 0.1) is 11.4 Å². The molecule has 1 aliphatic heterocycles. The van der Waals surface area contributed by atoms with Gasteiger partial charge in [0, 0.05) is 48.2 Å². The van der Waals surface area contributed by atoms with Crippen LogP contribution < -0.4 is 10.2 Å². The van der Waals surface area contributed by atoms with Crippen molar-refractivity contribution in [3.63, 3.8) is 0 Å². The Morgan fingerprint density at radius 1 is 0.582 bits per heavy atom. The highest BCUT2D eigenvalue weighted by Crippen LogP contribution is 2.52. The minimum absolute atomic E-state index is 0.200. The molecule has 9 rings (SSSR count). The zero-order valence-electron chi connectivity index (χ0n) is 31.3. The number of nitrogens with zero attached hydrogens (tertiary/aromatic N) is 1. The molecule has 1 N–H and O–H groups in total. The van der Waals surface area contributed by atoms with E-state index in [-0.39, 0.29) is 5.41 Å². The lowest BCUT2D eigenvalue weighted by atomic mass is 9.73. The van der Waals surface area contributed by atoms with Gasteiger partial charge in [0.15, 0.2) is 0 Å². The summed E-state index contributed by atoms with van der Waals surface area (Å²) in [5.41, 5.74) is 14.0. The van der Waals surface area contributed by atoms with Crippen molar-refractivity contribution in [2.45, 2.75) is 26.2 Å². The molecule has 0 radical (unpaired) electrons. The Morgan fingerprint density at radius 3 is 2.05 bits per heavy atom. The summed E-state index contributed by atoms with van der Waals surface area (Å²) in [6.07, 6.45) is 8.74. The van der Waals surface area contributed by atoms with Crippen LogP contribution in [-0.2, 0) is 5.41 Å². The largest absolute Gasteiger partial charge is 0.355 e. The van der Waals surface area contributed by atoms with Gasteiger partial charge in [-0.1, -0.05) is 141 Å². The molecule has 0 saturated heterocycles. The molecule has 3 heteroatoms. The molecule has 7 aromatic carbocycles. The number of para-hydroxylation sites is 2. The molecular weight excluding hydrogens is 685 g/mol. The highest BCUT2D eigenvalue weighted by atomic mass is 32.1. The molecule has 55 heavy (non-hydrogen) atoms. The summed E-state index contributed by atoms with van der Waals surface area (Å²) in [5.74, 6) is 0. The standard InChI is InChI=1S/C52H42N2S/c1-4-15-47(53-40-18-9-6-10-19-40)42(38-16-7-5-8-17-38)31-24-36-25-32-49-46(34-36)52(2,3)45-21-12-13-22-48(45)54(49)41-29-26-37(27-30-41)39-28-33-51-44(35-39)43-20-11-14-23-50(43)55-51/h4-35,53H,1-3H3/b15-4-,31-24+,47-42-. The summed E-state index contributed by atoms with van der Waals surface area (Å²) < 4.78 is 2.66. The molecule has 1 aliphatic rings. The lowest BCUT2D eigenvalue weighted by molar-refractivity contribution is 0.631. The lowest BCUT2D eigenvalue weighted by Gasteiger charge is -2.42. The summed E-state index contributed by atoms with van der Waals surface area (Å²) >= 11 is 1.86. The molecule has 0 bridgehead atoms. The van der Waals surface area contributed by atoms with Crippen LogP contribution in [0.15, 0.2) is 194 Å². The van der Waals surface area contributed by atoms with E-state index in [1.165, 1.54) is 53.8 Å². The molecule has 0 atom stereocenters. The fourth-order valence-electron chi connectivity index (χ4n) is 7.99. The van der Waals surface area contributed by atoms with E-state index in [1.807, 2.05) is 17.4 Å². The van der Waals surface area contributed by atoms with Crippen molar-refractivity contribution in [3.8, 4) is 11.1 Å². The van der Waals surface area contributed by atoms with Crippen molar-refractivity contribution in [3.05, 3.63) is 216 Å². The van der Waals surface area contributed by atoms with Gasteiger partial charge in [0.25, 0.3) is 0 Å². The molecular formula is C52H42N2S. The lowest BCUT2D eigenvalue weighted by Crippen LogP contribution is -2.30. The van der Waals surface area contributed by atoms with Gasteiger partial charge in [-0.25, -0.2) is 0 Å². The van der Waals surface area contributed by atoms with Crippen LogP contribution in [0.1, 0.15) is 43.0 Å². The number of nitrogens with one attached hydrogen (secondary N) is 1. The van der Waals surface area contributed by atoms with E-state index in [9.17, 15) is 0 Å². The average molecular weight is 727 g/mol. The SMILES string of the molecule is C\C=C/C(Nc1ccccc1)=C(\C=C\c1ccc2c(c1)C(C)(C)c1ccccc1N2c1ccc(-c2ccc3sc4ccccc4c3c2)cc1)c1ccccc1. The fraction of sp³-hybridized carbons (Fsp3) is 0.0769. The monoisotopic (exact) mass is 726 g/mol. The predicted molar refractivity (Wildman–Crippen MR) is 239 cm³/mol. The molecule has 2 heterocycles. The van der Waals surface area contributed by atoms with E-state index < -0.39 is 0 Å². The third-order valence-electron chi connectivity index (χ3n) is 10.8. The van der Waals surface area contributed by atoms with Gasteiger partial charge < -0.3 is 10.2 Å². The number of allylic oxidation sites excluding steroid dienone is 4. The van der Waals surface area contributed by atoms with E-state index in [2.05, 4.69) is 219 Å². The first kappa shape index (κ1) is 34.4. The van der Waals surface area contributed by atoms with E-state index >= 15 is 0 Å². The number of hydrogen-bond acceptors (Lipinski definition) is 3. The molecule has 266 valence electrons. The van der Waals surface area contributed by atoms with Crippen molar-refractivity contribution in [1.82, 2.24) is 0 Å². The smallest absolute Gasteiger partial charge is 0.0503 e. The first-order valence-electron chi connectivity index (χ1n) is 19.0. The first-order valence-corrected chi connectivity index (χ1v) is 19.8. The summed E-state index contributed by atoms with van der Waals surface area (Å²) in [7, 11) is 0. The summed E-state index contributed by atoms with van der Waals surface area (Å²) in [5, 5.41) is 6.33. The Bertz CT molecular complexity index is 2750. The Balaban J connectivity index is 1.10. The predicted octanol–water partition coefficient (Wildman–Crippen LogP) is 14.9. The van der Waals surface area contributed by atoms with Crippen LogP contribution in [0.25, 0.3) is 42.9 Å². The molecule has 0 saturated carbocycles. The number of anilines is 4. The Kier molecular flexibility index (Phi) is 9.01. The summed E-state index contributed by atoms with van der Waals surface area (Å²) in [6.45, 7) is 6.77. The number of benzene rings is 7. The zero-order chi connectivity index (χ0) is 37.4. The van der Waals surface area contributed by atoms with Crippen LogP contribution in [0.4, 0.5) is 22.7 Å². The minimum Gasteiger partial charge on any atom is -0.355 e. The average Bonchev–Trinajstić information content (AvgIpc) is 3.60. The molecule has 2 nitrogen and oxygen atoms in total. The second-order valence-electron chi connectivity index (χ2n) is 14.6. The third-order valence-corrected chi connectivity index (χ3v) is 11.9. The maximum Gasteiger partial charge on any atom is 0.0503 e. The van der Waals surface area contributed by atoms with Gasteiger partial charge >= 0.3 is 0 Å². The maximum atomic E-state index is 3.68. The molecule has 1 aromatic heterocycles. The van der Waals surface area contributed by atoms with Gasteiger partial charge in [0.1, 0.15) is 0 Å². The zero-order valence-corrected chi connectivity index (χ0v) is 32.1. The fourth-order valence-corrected chi connectivity index (χ4v) is 9.08. The molecule has 0 spiro atoms. The number of hydrogen-bond donors (Lipinski definition) is 1. The van der Waals surface area contributed by atoms with E-state index in [1.54, 1.807) is 0 Å². The van der Waals surface area contributed by atoms with Crippen LogP contribution in [0.3, 0.4) is 0 Å². The van der Waals surface area contributed by atoms with Crippen LogP contribution >= 0.6 is 11.3 Å². The third kappa shape index (κ3) is 6.47. The van der Waals surface area contributed by atoms with E-state index in [0.717, 1.165) is 33.8 Å². The second kappa shape index (κ2) is 14.4. The van der Waals surface area contributed by atoms with E-state index in [0.29, 0.717) is 0 Å². The molecule has 0 aliphatic carbocycles. The van der Waals surface area contributed by atoms with Crippen molar-refractivity contribution >= 4 is 65.9 Å². The Labute approximate surface area is 328 Å². The molecule has 0 amide bonds. The Hall–Kier alpha value is -6.42. The second-order valence-corrected chi connectivity index (χ2v) is 15.7. The van der Waals surface area contributed by atoms with Gasteiger partial charge in [0.2, 0.25) is 0 Å².